The van der Waals surface area contributed by atoms with Gasteiger partial charge in [0, 0.05) is 13.1 Å². The van der Waals surface area contributed by atoms with Crippen molar-refractivity contribution in [2.45, 2.75) is 6.92 Å². The van der Waals surface area contributed by atoms with Crippen molar-refractivity contribution in [1.29, 1.82) is 0 Å². The molecule has 0 saturated carbocycles. The Balaban J connectivity index is 2.43. The first kappa shape index (κ1) is 15.5. The number of aromatic nitrogens is 2. The molecule has 1 aromatic heterocycles. The van der Waals surface area contributed by atoms with Gasteiger partial charge < -0.3 is 5.32 Å². The Morgan fingerprint density at radius 2 is 1.76 bits per heavy atom. The molecule has 0 bridgehead atoms. The molecule has 0 spiro atoms. The summed E-state index contributed by atoms with van der Waals surface area (Å²) in [5.41, 5.74) is -0.780. The summed E-state index contributed by atoms with van der Waals surface area (Å²) >= 11 is 3.10. The number of amides is 1. The Morgan fingerprint density at radius 1 is 1.24 bits per heavy atom. The van der Waals surface area contributed by atoms with Crippen LogP contribution >= 0.6 is 15.9 Å². The SMILES string of the molecule is Cc1c(Br)c(C(=O)Nc2c(F)c(F)cc(F)c2F)nn1C. The molecular weight excluding hydrogens is 358 g/mol. The second kappa shape index (κ2) is 5.47. The predicted octanol–water partition coefficient (Wildman–Crippen LogP) is 3.30. The zero-order valence-corrected chi connectivity index (χ0v) is 12.4. The van der Waals surface area contributed by atoms with Crippen molar-refractivity contribution in [3.8, 4) is 0 Å². The summed E-state index contributed by atoms with van der Waals surface area (Å²) in [5, 5.41) is 5.62. The number of hydrogen-bond acceptors (Lipinski definition) is 2. The van der Waals surface area contributed by atoms with Gasteiger partial charge in [0.1, 0.15) is 5.69 Å². The molecule has 0 unspecified atom stereocenters. The van der Waals surface area contributed by atoms with Crippen molar-refractivity contribution in [2.24, 2.45) is 7.05 Å². The van der Waals surface area contributed by atoms with Crippen LogP contribution < -0.4 is 5.32 Å². The van der Waals surface area contributed by atoms with Crippen LogP contribution in [0, 0.1) is 30.2 Å². The Bertz CT molecular complexity index is 719. The van der Waals surface area contributed by atoms with E-state index in [0.29, 0.717) is 10.2 Å². The molecule has 1 aromatic carbocycles. The molecule has 2 aromatic rings. The van der Waals surface area contributed by atoms with Gasteiger partial charge in [-0.05, 0) is 22.9 Å². The van der Waals surface area contributed by atoms with Gasteiger partial charge in [0.2, 0.25) is 0 Å². The third-order valence-electron chi connectivity index (χ3n) is 2.83. The lowest BCUT2D eigenvalue weighted by Gasteiger charge is -2.08. The van der Waals surface area contributed by atoms with Gasteiger partial charge in [-0.3, -0.25) is 9.48 Å². The van der Waals surface area contributed by atoms with Crippen LogP contribution in [-0.2, 0) is 7.05 Å². The molecule has 0 aliphatic rings. The van der Waals surface area contributed by atoms with Gasteiger partial charge in [0.15, 0.2) is 29.0 Å². The van der Waals surface area contributed by atoms with Gasteiger partial charge in [0.05, 0.1) is 10.2 Å². The number of nitrogens with one attached hydrogen (secondary N) is 1. The third kappa shape index (κ3) is 2.65. The van der Waals surface area contributed by atoms with E-state index in [4.69, 9.17) is 0 Å². The number of rotatable bonds is 2. The van der Waals surface area contributed by atoms with E-state index in [1.807, 2.05) is 0 Å². The number of hydrogen-bond donors (Lipinski definition) is 1. The Labute approximate surface area is 124 Å². The first-order chi connectivity index (χ1) is 9.73. The number of carbonyl (C=O) groups is 1. The molecule has 4 nitrogen and oxygen atoms in total. The lowest BCUT2D eigenvalue weighted by atomic mass is 10.2. The van der Waals surface area contributed by atoms with Crippen LogP contribution in [0.5, 0.6) is 0 Å². The summed E-state index contributed by atoms with van der Waals surface area (Å²) in [6.07, 6.45) is 0. The number of carbonyl (C=O) groups excluding carboxylic acids is 1. The normalized spacial score (nSPS) is 10.8. The van der Waals surface area contributed by atoms with Crippen molar-refractivity contribution in [3.05, 3.63) is 45.2 Å². The molecule has 0 radical (unpaired) electrons. The molecular formula is C12H8BrF4N3O. The highest BCUT2D eigenvalue weighted by atomic mass is 79.9. The molecule has 1 amide bonds. The zero-order valence-electron chi connectivity index (χ0n) is 10.8. The Morgan fingerprint density at radius 3 is 2.19 bits per heavy atom. The molecule has 21 heavy (non-hydrogen) atoms. The predicted molar refractivity (Wildman–Crippen MR) is 69.9 cm³/mol. The third-order valence-corrected chi connectivity index (χ3v) is 3.78. The van der Waals surface area contributed by atoms with Crippen molar-refractivity contribution >= 4 is 27.5 Å². The number of aryl methyl sites for hydroxylation is 1. The van der Waals surface area contributed by atoms with Crippen LogP contribution in [0.15, 0.2) is 10.5 Å². The highest BCUT2D eigenvalue weighted by Gasteiger charge is 2.24. The fraction of sp³-hybridized carbons (Fsp3) is 0.167. The minimum Gasteiger partial charge on any atom is -0.315 e. The smallest absolute Gasteiger partial charge is 0.277 e. The highest BCUT2D eigenvalue weighted by Crippen LogP contribution is 2.26. The monoisotopic (exact) mass is 365 g/mol. The van der Waals surface area contributed by atoms with Gasteiger partial charge in [0.25, 0.3) is 5.91 Å². The number of halogens is 5. The summed E-state index contributed by atoms with van der Waals surface area (Å²) in [5.74, 6) is -7.61. The molecule has 112 valence electrons. The first-order valence-electron chi connectivity index (χ1n) is 5.57. The fourth-order valence-electron chi connectivity index (χ4n) is 1.58. The van der Waals surface area contributed by atoms with Crippen molar-refractivity contribution < 1.29 is 22.4 Å². The van der Waals surface area contributed by atoms with Crippen LogP contribution in [0.3, 0.4) is 0 Å². The van der Waals surface area contributed by atoms with E-state index in [2.05, 4.69) is 21.0 Å². The van der Waals surface area contributed by atoms with Crippen molar-refractivity contribution in [1.82, 2.24) is 9.78 Å². The molecule has 2 rings (SSSR count). The zero-order chi connectivity index (χ0) is 15.9. The summed E-state index contributed by atoms with van der Waals surface area (Å²) in [7, 11) is 1.56. The second-order valence-corrected chi connectivity index (χ2v) is 4.96. The van der Waals surface area contributed by atoms with E-state index in [9.17, 15) is 22.4 Å². The van der Waals surface area contributed by atoms with E-state index in [0.717, 1.165) is 0 Å². The number of nitrogens with zero attached hydrogens (tertiary/aromatic N) is 2. The second-order valence-electron chi connectivity index (χ2n) is 4.17. The van der Waals surface area contributed by atoms with Gasteiger partial charge in [-0.15, -0.1) is 0 Å². The molecule has 0 fully saturated rings. The Kier molecular flexibility index (Phi) is 4.04. The van der Waals surface area contributed by atoms with E-state index in [-0.39, 0.29) is 11.8 Å². The Hall–Kier alpha value is -1.90. The van der Waals surface area contributed by atoms with Crippen molar-refractivity contribution in [3.63, 3.8) is 0 Å². The van der Waals surface area contributed by atoms with Crippen molar-refractivity contribution in [2.75, 3.05) is 5.32 Å². The number of anilines is 1. The van der Waals surface area contributed by atoms with Gasteiger partial charge in [-0.1, -0.05) is 0 Å². The molecule has 9 heteroatoms. The van der Waals surface area contributed by atoms with Gasteiger partial charge in [-0.25, -0.2) is 17.6 Å². The number of benzene rings is 1. The quantitative estimate of drug-likeness (QED) is 0.655. The average molecular weight is 366 g/mol. The lowest BCUT2D eigenvalue weighted by molar-refractivity contribution is 0.101. The maximum Gasteiger partial charge on any atom is 0.277 e. The molecule has 0 aliphatic heterocycles. The van der Waals surface area contributed by atoms with E-state index < -0.39 is 34.9 Å². The van der Waals surface area contributed by atoms with E-state index in [1.54, 1.807) is 19.3 Å². The van der Waals surface area contributed by atoms with Crippen LogP contribution in [0.4, 0.5) is 23.2 Å². The van der Waals surface area contributed by atoms with Crippen LogP contribution in [0.25, 0.3) is 0 Å². The minimum atomic E-state index is -1.69. The largest absolute Gasteiger partial charge is 0.315 e. The van der Waals surface area contributed by atoms with E-state index >= 15 is 0 Å². The first-order valence-corrected chi connectivity index (χ1v) is 6.36. The summed E-state index contributed by atoms with van der Waals surface area (Å²) in [4.78, 5) is 11.9. The molecule has 0 saturated heterocycles. The standard InChI is InChI=1S/C12H8BrF4N3O/c1-4-7(13)10(19-20(4)2)12(21)18-11-8(16)5(14)3-6(15)9(11)17/h3H,1-2H3,(H,18,21). The molecule has 0 atom stereocenters. The summed E-state index contributed by atoms with van der Waals surface area (Å²) < 4.78 is 54.7. The molecule has 0 aliphatic carbocycles. The summed E-state index contributed by atoms with van der Waals surface area (Å²) in [6.45, 7) is 1.65. The topological polar surface area (TPSA) is 46.9 Å². The van der Waals surface area contributed by atoms with Crippen LogP contribution in [-0.4, -0.2) is 15.7 Å². The van der Waals surface area contributed by atoms with Crippen LogP contribution in [0.2, 0.25) is 0 Å². The maximum absolute atomic E-state index is 13.5. The fourth-order valence-corrected chi connectivity index (χ4v) is 2.10. The van der Waals surface area contributed by atoms with Crippen LogP contribution in [0.1, 0.15) is 16.2 Å². The van der Waals surface area contributed by atoms with E-state index in [1.165, 1.54) is 4.68 Å². The summed E-state index contributed by atoms with van der Waals surface area (Å²) in [6, 6.07) is 0.0567. The molecule has 1 heterocycles. The molecule has 1 N–H and O–H groups in total. The average Bonchev–Trinajstić information content (AvgIpc) is 2.69. The minimum absolute atomic E-state index is 0.0567. The maximum atomic E-state index is 13.5. The highest BCUT2D eigenvalue weighted by molar-refractivity contribution is 9.10. The van der Waals surface area contributed by atoms with Gasteiger partial charge in [-0.2, -0.15) is 5.10 Å². The lowest BCUT2D eigenvalue weighted by Crippen LogP contribution is -2.17. The van der Waals surface area contributed by atoms with Gasteiger partial charge >= 0.3 is 0 Å².